The van der Waals surface area contributed by atoms with Crippen LogP contribution in [-0.4, -0.2) is 56.3 Å². The van der Waals surface area contributed by atoms with Gasteiger partial charge in [0.2, 0.25) is 0 Å². The van der Waals surface area contributed by atoms with E-state index < -0.39 is 0 Å². The number of benzene rings is 1. The summed E-state index contributed by atoms with van der Waals surface area (Å²) in [6.07, 6.45) is 13.1. The smallest absolute Gasteiger partial charge is 0.163 e. The molecule has 2 fully saturated rings. The van der Waals surface area contributed by atoms with Crippen molar-refractivity contribution in [3.8, 4) is 11.4 Å². The van der Waals surface area contributed by atoms with Crippen LogP contribution in [0.2, 0.25) is 0 Å². The molecular formula is C28H23N7O. The SMILES string of the molecule is C1=CC(c2cncc3nc(-c4ccnc5[nH]c6ccccc6c45)nc(NC4CC5CNCC4O5)c23)=C1. The minimum absolute atomic E-state index is 0.117. The summed E-state index contributed by atoms with van der Waals surface area (Å²) in [7, 11) is 0. The zero-order valence-electron chi connectivity index (χ0n) is 19.4. The highest BCUT2D eigenvalue weighted by Crippen LogP contribution is 2.37. The Kier molecular flexibility index (Phi) is 4.29. The number of allylic oxidation sites excluding steroid dienone is 4. The number of hydrogen-bond acceptors (Lipinski definition) is 7. The molecule has 36 heavy (non-hydrogen) atoms. The molecule has 1 aliphatic carbocycles. The van der Waals surface area contributed by atoms with Crippen LogP contribution in [0, 0.1) is 0 Å². The average Bonchev–Trinajstić information content (AvgIpc) is 3.38. The van der Waals surface area contributed by atoms with Gasteiger partial charge in [0.25, 0.3) is 0 Å². The lowest BCUT2D eigenvalue weighted by molar-refractivity contribution is 0.0165. The number of fused-ring (bicyclic) bond motifs is 6. The molecule has 8 heteroatoms. The number of pyridine rings is 2. The van der Waals surface area contributed by atoms with Crippen molar-refractivity contribution in [1.82, 2.24) is 30.2 Å². The minimum atomic E-state index is 0.117. The Labute approximate surface area is 206 Å². The van der Waals surface area contributed by atoms with Crippen molar-refractivity contribution < 1.29 is 4.74 Å². The van der Waals surface area contributed by atoms with Gasteiger partial charge in [-0.1, -0.05) is 36.4 Å². The molecule has 176 valence electrons. The Hall–Kier alpha value is -4.14. The van der Waals surface area contributed by atoms with Crippen LogP contribution >= 0.6 is 0 Å². The molecule has 0 saturated carbocycles. The third-order valence-corrected chi connectivity index (χ3v) is 7.48. The first-order chi connectivity index (χ1) is 17.8. The van der Waals surface area contributed by atoms with Crippen molar-refractivity contribution in [2.75, 3.05) is 18.4 Å². The van der Waals surface area contributed by atoms with Gasteiger partial charge < -0.3 is 20.4 Å². The molecule has 2 saturated heterocycles. The molecule has 3 N–H and O–H groups in total. The maximum absolute atomic E-state index is 6.20. The van der Waals surface area contributed by atoms with Crippen molar-refractivity contribution in [3.05, 3.63) is 72.7 Å². The van der Waals surface area contributed by atoms with Crippen LogP contribution < -0.4 is 10.6 Å². The Morgan fingerprint density at radius 2 is 1.94 bits per heavy atom. The Balaban J connectivity index is 1.35. The highest BCUT2D eigenvalue weighted by atomic mass is 16.5. The lowest BCUT2D eigenvalue weighted by atomic mass is 9.97. The Bertz CT molecular complexity index is 1740. The van der Waals surface area contributed by atoms with Crippen molar-refractivity contribution >= 4 is 44.2 Å². The summed E-state index contributed by atoms with van der Waals surface area (Å²) in [6, 6.07) is 10.4. The molecule has 2 aliphatic heterocycles. The first-order valence-electron chi connectivity index (χ1n) is 12.3. The number of aromatic nitrogens is 5. The van der Waals surface area contributed by atoms with Gasteiger partial charge in [-0.05, 0) is 24.1 Å². The van der Waals surface area contributed by atoms with E-state index in [2.05, 4.69) is 49.9 Å². The van der Waals surface area contributed by atoms with Gasteiger partial charge in [0.05, 0.1) is 35.3 Å². The molecule has 8 rings (SSSR count). The molecule has 1 aromatic carbocycles. The van der Waals surface area contributed by atoms with Crippen LogP contribution in [0.15, 0.2) is 67.2 Å². The second kappa shape index (κ2) is 7.68. The van der Waals surface area contributed by atoms with E-state index in [-0.39, 0.29) is 18.2 Å². The predicted octanol–water partition coefficient (Wildman–Crippen LogP) is 4.22. The summed E-state index contributed by atoms with van der Waals surface area (Å²) in [5.74, 6) is 1.47. The molecule has 3 aliphatic rings. The van der Waals surface area contributed by atoms with Gasteiger partial charge in [-0.3, -0.25) is 4.98 Å². The summed E-state index contributed by atoms with van der Waals surface area (Å²) in [4.78, 5) is 22.8. The molecule has 3 unspecified atom stereocenters. The molecule has 3 atom stereocenters. The second-order valence-electron chi connectivity index (χ2n) is 9.65. The first kappa shape index (κ1) is 20.1. The quantitative estimate of drug-likeness (QED) is 0.359. The van der Waals surface area contributed by atoms with Crippen LogP contribution in [0.3, 0.4) is 0 Å². The van der Waals surface area contributed by atoms with E-state index in [1.54, 1.807) is 0 Å². The fourth-order valence-corrected chi connectivity index (χ4v) is 5.72. The molecule has 4 aromatic heterocycles. The standard InChI is InChI=1S/C28H23N7O/c1-2-7-20-17(6-1)24-18(8-9-31-27(24)32-20)26-34-22-13-30-12-19(15-4-3-5-15)25(22)28(35-26)33-21-10-16-11-29-14-23(21)36-16/h1-9,12-13,16,21,23,29H,10-11,14H2,(H,31,32)(H,33,34,35). The lowest BCUT2D eigenvalue weighted by Gasteiger charge is -2.24. The van der Waals surface area contributed by atoms with E-state index in [0.29, 0.717) is 5.82 Å². The first-order valence-corrected chi connectivity index (χ1v) is 12.3. The molecule has 5 aromatic rings. The Morgan fingerprint density at radius 1 is 1.00 bits per heavy atom. The molecule has 6 heterocycles. The van der Waals surface area contributed by atoms with E-state index in [1.165, 1.54) is 0 Å². The number of anilines is 1. The largest absolute Gasteiger partial charge is 0.370 e. The van der Waals surface area contributed by atoms with Crippen LogP contribution in [0.5, 0.6) is 0 Å². The zero-order valence-corrected chi connectivity index (χ0v) is 19.4. The summed E-state index contributed by atoms with van der Waals surface area (Å²) in [5, 5.41) is 10.4. The van der Waals surface area contributed by atoms with Crippen LogP contribution in [0.25, 0.3) is 49.8 Å². The van der Waals surface area contributed by atoms with Gasteiger partial charge in [0.15, 0.2) is 5.82 Å². The maximum Gasteiger partial charge on any atom is 0.163 e. The predicted molar refractivity (Wildman–Crippen MR) is 141 cm³/mol. The third kappa shape index (κ3) is 3.01. The minimum Gasteiger partial charge on any atom is -0.370 e. The van der Waals surface area contributed by atoms with Gasteiger partial charge >= 0.3 is 0 Å². The molecule has 8 nitrogen and oxygen atoms in total. The summed E-state index contributed by atoms with van der Waals surface area (Å²) in [5.41, 5.74) is 5.80. The van der Waals surface area contributed by atoms with E-state index >= 15 is 0 Å². The van der Waals surface area contributed by atoms with Crippen LogP contribution in [0.4, 0.5) is 5.82 Å². The van der Waals surface area contributed by atoms with Crippen LogP contribution in [-0.2, 0) is 4.74 Å². The van der Waals surface area contributed by atoms with Gasteiger partial charge in [-0.25, -0.2) is 15.0 Å². The number of nitrogens with zero attached hydrogens (tertiary/aromatic N) is 4. The summed E-state index contributed by atoms with van der Waals surface area (Å²) in [6.45, 7) is 1.74. The van der Waals surface area contributed by atoms with Gasteiger partial charge in [-0.15, -0.1) is 0 Å². The molecular weight excluding hydrogens is 450 g/mol. The van der Waals surface area contributed by atoms with Crippen molar-refractivity contribution in [3.63, 3.8) is 0 Å². The monoisotopic (exact) mass is 473 g/mol. The third-order valence-electron chi connectivity index (χ3n) is 7.48. The summed E-state index contributed by atoms with van der Waals surface area (Å²) >= 11 is 0. The van der Waals surface area contributed by atoms with E-state index in [1.807, 2.05) is 42.9 Å². The fraction of sp³-hybridized carbons (Fsp3) is 0.214. The number of ether oxygens (including phenoxy) is 1. The molecule has 0 radical (unpaired) electrons. The van der Waals surface area contributed by atoms with Crippen molar-refractivity contribution in [2.24, 2.45) is 0 Å². The van der Waals surface area contributed by atoms with Crippen molar-refractivity contribution in [1.29, 1.82) is 0 Å². The van der Waals surface area contributed by atoms with E-state index in [4.69, 9.17) is 14.7 Å². The fourth-order valence-electron chi connectivity index (χ4n) is 5.72. The summed E-state index contributed by atoms with van der Waals surface area (Å²) < 4.78 is 6.20. The topological polar surface area (TPSA) is 101 Å². The Morgan fingerprint density at radius 3 is 2.83 bits per heavy atom. The lowest BCUT2D eigenvalue weighted by Crippen LogP contribution is -2.42. The molecule has 2 bridgehead atoms. The van der Waals surface area contributed by atoms with Crippen LogP contribution in [0.1, 0.15) is 12.0 Å². The highest BCUT2D eigenvalue weighted by Gasteiger charge is 2.38. The second-order valence-corrected chi connectivity index (χ2v) is 9.65. The van der Waals surface area contributed by atoms with Gasteiger partial charge in [0, 0.05) is 52.9 Å². The number of para-hydroxylation sites is 1. The average molecular weight is 474 g/mol. The maximum atomic E-state index is 6.20. The van der Waals surface area contributed by atoms with E-state index in [0.717, 1.165) is 74.9 Å². The van der Waals surface area contributed by atoms with Gasteiger partial charge in [-0.2, -0.15) is 0 Å². The van der Waals surface area contributed by atoms with E-state index in [9.17, 15) is 0 Å². The number of hydrogen-bond donors (Lipinski definition) is 3. The number of nitrogens with one attached hydrogen (secondary N) is 3. The number of morpholine rings is 1. The number of H-pyrrole nitrogens is 1. The zero-order chi connectivity index (χ0) is 23.6. The highest BCUT2D eigenvalue weighted by molar-refractivity contribution is 6.12. The van der Waals surface area contributed by atoms with Crippen molar-refractivity contribution in [2.45, 2.75) is 24.7 Å². The number of rotatable bonds is 4. The molecule has 0 amide bonds. The van der Waals surface area contributed by atoms with Gasteiger partial charge in [0.1, 0.15) is 11.5 Å². The molecule has 0 spiro atoms. The number of aromatic amines is 1. The normalized spacial score (nSPS) is 22.8.